The minimum Gasteiger partial charge on any atom is -0.369 e. The molecule has 0 saturated heterocycles. The average Bonchev–Trinajstić information content (AvgIpc) is 1.63. The molecule has 8 N–H and O–H groups in total. The minimum absolute atomic E-state index is 0.316. The van der Waals surface area contributed by atoms with Gasteiger partial charge in [0.25, 0.3) is 0 Å². The van der Waals surface area contributed by atoms with E-state index in [1.54, 1.807) is 0 Å². The molecule has 0 aromatic carbocycles. The summed E-state index contributed by atoms with van der Waals surface area (Å²) >= 11 is 0. The maximum Gasteiger partial charge on any atom is 0.327 e. The van der Waals surface area contributed by atoms with Crippen LogP contribution in [0.1, 0.15) is 0 Å². The van der Waals surface area contributed by atoms with Crippen molar-refractivity contribution in [3.63, 3.8) is 0 Å². The first-order valence-corrected chi connectivity index (χ1v) is 2.03. The predicted molar refractivity (Wildman–Crippen MR) is 30.9 cm³/mol. The molecular formula is C2H8N6O. The number of nitrogens with two attached hydrogens (primary N) is 2. The van der Waals surface area contributed by atoms with E-state index in [9.17, 15) is 4.79 Å². The van der Waals surface area contributed by atoms with Crippen molar-refractivity contribution in [2.75, 3.05) is 0 Å². The number of primary amides is 1. The molecule has 0 rings (SSSR count). The molecule has 0 aliphatic rings. The number of rotatable bonds is 2. The van der Waals surface area contributed by atoms with Crippen LogP contribution in [0.15, 0.2) is 0 Å². The van der Waals surface area contributed by atoms with Crippen molar-refractivity contribution < 1.29 is 4.79 Å². The van der Waals surface area contributed by atoms with Crippen LogP contribution in [-0.2, 0) is 0 Å². The molecule has 0 bridgehead atoms. The van der Waals surface area contributed by atoms with E-state index in [0.29, 0.717) is 0 Å². The van der Waals surface area contributed by atoms with Crippen molar-refractivity contribution >= 4 is 12.0 Å². The molecule has 2 amide bonds. The topological polar surface area (TPSA) is 129 Å². The Morgan fingerprint density at radius 3 is 2.22 bits per heavy atom. The Kier molecular flexibility index (Phi) is 2.91. The number of hydrogen-bond acceptors (Lipinski definition) is 3. The van der Waals surface area contributed by atoms with Crippen LogP contribution in [-0.4, -0.2) is 12.0 Å². The van der Waals surface area contributed by atoms with Crippen LogP contribution >= 0.6 is 0 Å². The van der Waals surface area contributed by atoms with E-state index in [-0.39, 0.29) is 5.96 Å². The molecule has 0 spiro atoms. The van der Waals surface area contributed by atoms with E-state index in [4.69, 9.17) is 11.1 Å². The van der Waals surface area contributed by atoms with Crippen molar-refractivity contribution in [2.24, 2.45) is 11.5 Å². The maximum atomic E-state index is 9.88. The monoisotopic (exact) mass is 132 g/mol. The number of hydrogen-bond donors (Lipinski definition) is 6. The van der Waals surface area contributed by atoms with Gasteiger partial charge in [-0.2, -0.15) is 0 Å². The zero-order valence-electron chi connectivity index (χ0n) is 4.56. The van der Waals surface area contributed by atoms with Crippen LogP contribution in [0.2, 0.25) is 0 Å². The van der Waals surface area contributed by atoms with Crippen molar-refractivity contribution in [1.29, 1.82) is 5.41 Å². The van der Waals surface area contributed by atoms with Crippen LogP contribution in [0.5, 0.6) is 0 Å². The third kappa shape index (κ3) is 6.50. The van der Waals surface area contributed by atoms with E-state index >= 15 is 0 Å². The summed E-state index contributed by atoms with van der Waals surface area (Å²) in [5.41, 5.74) is 15.5. The molecule has 7 nitrogen and oxygen atoms in total. The Balaban J connectivity index is 3.10. The average molecular weight is 132 g/mol. The number of carbonyl (C=O) groups is 1. The van der Waals surface area contributed by atoms with Gasteiger partial charge >= 0.3 is 6.03 Å². The summed E-state index contributed by atoms with van der Waals surface area (Å²) < 4.78 is 0. The van der Waals surface area contributed by atoms with Crippen LogP contribution in [0.4, 0.5) is 4.79 Å². The van der Waals surface area contributed by atoms with Crippen molar-refractivity contribution in [1.82, 2.24) is 16.4 Å². The van der Waals surface area contributed by atoms with Crippen LogP contribution in [0.3, 0.4) is 0 Å². The van der Waals surface area contributed by atoms with Gasteiger partial charge in [0.2, 0.25) is 5.96 Å². The standard InChI is InChI=1S/C2H8N6O/c3-1(4)6-8-7-2(5)9/h8H,(H4,3,4,6)(H3,5,7,9). The van der Waals surface area contributed by atoms with Gasteiger partial charge in [-0.1, -0.05) is 0 Å². The lowest BCUT2D eigenvalue weighted by atomic mass is 11.1. The van der Waals surface area contributed by atoms with Crippen LogP contribution < -0.4 is 27.9 Å². The number of amides is 2. The van der Waals surface area contributed by atoms with E-state index in [1.165, 1.54) is 0 Å². The molecule has 9 heavy (non-hydrogen) atoms. The van der Waals surface area contributed by atoms with Gasteiger partial charge in [0.1, 0.15) is 0 Å². The number of hydrazine groups is 2. The fourth-order valence-corrected chi connectivity index (χ4v) is 0.160. The summed E-state index contributed by atoms with van der Waals surface area (Å²) in [7, 11) is 0. The second kappa shape index (κ2) is 3.50. The Hall–Kier alpha value is -1.50. The molecule has 7 heteroatoms. The minimum atomic E-state index is -0.760. The highest BCUT2D eigenvalue weighted by molar-refractivity contribution is 5.74. The number of urea groups is 1. The normalized spacial score (nSPS) is 8.00. The Morgan fingerprint density at radius 1 is 1.33 bits per heavy atom. The lowest BCUT2D eigenvalue weighted by Crippen LogP contribution is -2.52. The first-order chi connectivity index (χ1) is 4.13. The molecule has 0 aliphatic carbocycles. The van der Waals surface area contributed by atoms with Gasteiger partial charge < -0.3 is 11.5 Å². The highest BCUT2D eigenvalue weighted by Crippen LogP contribution is 1.43. The van der Waals surface area contributed by atoms with E-state index < -0.39 is 6.03 Å². The summed E-state index contributed by atoms with van der Waals surface area (Å²) in [5.74, 6) is -0.316. The molecule has 0 atom stereocenters. The van der Waals surface area contributed by atoms with Crippen molar-refractivity contribution in [2.45, 2.75) is 0 Å². The number of guanidine groups is 1. The molecule has 0 fully saturated rings. The van der Waals surface area contributed by atoms with Gasteiger partial charge in [-0.15, -0.1) is 5.53 Å². The molecule has 0 aromatic heterocycles. The van der Waals surface area contributed by atoms with Gasteiger partial charge in [0.15, 0.2) is 0 Å². The quantitative estimate of drug-likeness (QED) is 0.141. The Bertz CT molecular complexity index is 106. The van der Waals surface area contributed by atoms with Gasteiger partial charge in [0.05, 0.1) is 0 Å². The first-order valence-electron chi connectivity index (χ1n) is 2.03. The molecule has 0 radical (unpaired) electrons. The molecule has 52 valence electrons. The smallest absolute Gasteiger partial charge is 0.327 e. The second-order valence-corrected chi connectivity index (χ2v) is 1.15. The molecule has 0 saturated carbocycles. The highest BCUT2D eigenvalue weighted by atomic mass is 16.2. The van der Waals surface area contributed by atoms with Crippen LogP contribution in [0, 0.1) is 5.41 Å². The molecule has 0 heterocycles. The van der Waals surface area contributed by atoms with Crippen LogP contribution in [0.25, 0.3) is 0 Å². The third-order valence-electron chi connectivity index (χ3n) is 0.383. The Labute approximate surface area is 51.2 Å². The summed E-state index contributed by atoms with van der Waals surface area (Å²) in [6.45, 7) is 0. The largest absolute Gasteiger partial charge is 0.369 e. The lowest BCUT2D eigenvalue weighted by Gasteiger charge is -2.03. The van der Waals surface area contributed by atoms with Crippen molar-refractivity contribution in [3.05, 3.63) is 0 Å². The molecule has 0 aromatic rings. The summed E-state index contributed by atoms with van der Waals surface area (Å²) in [4.78, 5) is 9.88. The van der Waals surface area contributed by atoms with Gasteiger partial charge in [0, 0.05) is 0 Å². The second-order valence-electron chi connectivity index (χ2n) is 1.15. The maximum absolute atomic E-state index is 9.88. The molecular weight excluding hydrogens is 124 g/mol. The fourth-order valence-electron chi connectivity index (χ4n) is 0.160. The van der Waals surface area contributed by atoms with Gasteiger partial charge in [-0.3, -0.25) is 16.3 Å². The van der Waals surface area contributed by atoms with E-state index in [1.807, 2.05) is 5.43 Å². The Morgan fingerprint density at radius 2 is 1.89 bits per heavy atom. The molecule has 0 unspecified atom stereocenters. The van der Waals surface area contributed by atoms with Crippen molar-refractivity contribution in [3.8, 4) is 0 Å². The number of nitrogens with one attached hydrogen (secondary N) is 4. The SMILES string of the molecule is N=C(N)NNNC(N)=O. The van der Waals surface area contributed by atoms with Gasteiger partial charge in [-0.25, -0.2) is 4.79 Å². The lowest BCUT2D eigenvalue weighted by molar-refractivity contribution is 0.243. The number of carbonyl (C=O) groups excluding carboxylic acids is 1. The van der Waals surface area contributed by atoms with Gasteiger partial charge in [-0.05, 0) is 0 Å². The highest BCUT2D eigenvalue weighted by Gasteiger charge is 1.86. The van der Waals surface area contributed by atoms with E-state index in [2.05, 4.69) is 16.7 Å². The summed E-state index contributed by atoms with van der Waals surface area (Å²) in [5, 5.41) is 6.55. The molecule has 0 aliphatic heterocycles. The zero-order chi connectivity index (χ0) is 7.28. The third-order valence-corrected chi connectivity index (χ3v) is 0.383. The predicted octanol–water partition coefficient (Wildman–Crippen LogP) is -2.44. The summed E-state index contributed by atoms with van der Waals surface area (Å²) in [6, 6.07) is -0.760. The fraction of sp³-hybridized carbons (Fsp3) is 0. The first kappa shape index (κ1) is 7.50. The van der Waals surface area contributed by atoms with E-state index in [0.717, 1.165) is 0 Å². The zero-order valence-corrected chi connectivity index (χ0v) is 4.56. The summed E-state index contributed by atoms with van der Waals surface area (Å²) in [6.07, 6.45) is 0.